The van der Waals surface area contributed by atoms with Crippen LogP contribution in [0.5, 0.6) is 0 Å². The Morgan fingerprint density at radius 2 is 1.89 bits per heavy atom. The van der Waals surface area contributed by atoms with E-state index in [0.717, 1.165) is 11.3 Å². The first-order chi connectivity index (χ1) is 13.4. The fourth-order valence-corrected chi connectivity index (χ4v) is 4.69. The molecule has 1 aliphatic rings. The third-order valence-corrected chi connectivity index (χ3v) is 6.59. The van der Waals surface area contributed by atoms with Crippen molar-refractivity contribution in [1.29, 1.82) is 0 Å². The molecule has 1 aromatic carbocycles. The van der Waals surface area contributed by atoms with Gasteiger partial charge in [-0.25, -0.2) is 4.98 Å². The molecule has 0 spiro atoms. The number of rotatable bonds is 6. The summed E-state index contributed by atoms with van der Waals surface area (Å²) in [7, 11) is -0.570. The fraction of sp³-hybridized carbons (Fsp3) is 0.333. The van der Waals surface area contributed by atoms with Crippen molar-refractivity contribution in [2.24, 2.45) is 0 Å². The number of hydrogen-bond donors (Lipinski definition) is 0. The highest BCUT2D eigenvalue weighted by Gasteiger charge is 2.49. The van der Waals surface area contributed by atoms with Gasteiger partial charge in [0.05, 0.1) is 18.4 Å². The van der Waals surface area contributed by atoms with Gasteiger partial charge in [0.15, 0.2) is 0 Å². The number of amides is 1. The van der Waals surface area contributed by atoms with Crippen molar-refractivity contribution in [2.75, 3.05) is 23.5 Å². The predicted molar refractivity (Wildman–Crippen MR) is 110 cm³/mol. The molecule has 28 heavy (non-hydrogen) atoms. The summed E-state index contributed by atoms with van der Waals surface area (Å²) in [6, 6.07) is 13.2. The second-order valence-electron chi connectivity index (χ2n) is 6.71. The molecule has 7 heteroatoms. The summed E-state index contributed by atoms with van der Waals surface area (Å²) in [6.45, 7) is 3.74. The molecule has 0 bridgehead atoms. The normalized spacial score (nSPS) is 17.2. The molecule has 0 radical (unpaired) electrons. The molecule has 6 nitrogen and oxygen atoms in total. The van der Waals surface area contributed by atoms with Crippen LogP contribution in [0.4, 0.5) is 5.82 Å². The van der Waals surface area contributed by atoms with Crippen LogP contribution in [0.1, 0.15) is 28.5 Å². The van der Waals surface area contributed by atoms with E-state index in [1.807, 2.05) is 43.5 Å². The van der Waals surface area contributed by atoms with E-state index in [2.05, 4.69) is 4.98 Å². The van der Waals surface area contributed by atoms with Crippen molar-refractivity contribution in [2.45, 2.75) is 25.6 Å². The third-order valence-electron chi connectivity index (χ3n) is 4.56. The van der Waals surface area contributed by atoms with Crippen LogP contribution < -0.4 is 4.90 Å². The molecular formula is C21H23N2O4S+. The highest BCUT2D eigenvalue weighted by molar-refractivity contribution is 7.98. The van der Waals surface area contributed by atoms with Crippen LogP contribution in [0.25, 0.3) is 0 Å². The van der Waals surface area contributed by atoms with Gasteiger partial charge in [-0.2, -0.15) is 0 Å². The summed E-state index contributed by atoms with van der Waals surface area (Å²) in [5, 5.41) is -0.781. The van der Waals surface area contributed by atoms with Crippen molar-refractivity contribution in [3.05, 3.63) is 59.3 Å². The Kier molecular flexibility index (Phi) is 6.14. The summed E-state index contributed by atoms with van der Waals surface area (Å²) in [5.41, 5.74) is 2.19. The zero-order valence-electron chi connectivity index (χ0n) is 16.2. The average Bonchev–Trinajstić information content (AvgIpc) is 2.65. The van der Waals surface area contributed by atoms with Crippen molar-refractivity contribution in [3.8, 4) is 0 Å². The van der Waals surface area contributed by atoms with Gasteiger partial charge in [-0.05, 0) is 24.6 Å². The number of fused-ring (bicyclic) bond motifs is 1. The maximum Gasteiger partial charge on any atom is 0.302 e. The minimum absolute atomic E-state index is 0.198. The number of ketones is 1. The smallest absolute Gasteiger partial charge is 0.302 e. The summed E-state index contributed by atoms with van der Waals surface area (Å²) >= 11 is 0. The molecule has 2 aromatic rings. The molecule has 1 aliphatic heterocycles. The van der Waals surface area contributed by atoms with Gasteiger partial charge >= 0.3 is 5.97 Å². The molecule has 2 atom stereocenters. The Bertz CT molecular complexity index is 901. The molecule has 0 saturated heterocycles. The van der Waals surface area contributed by atoms with Crippen molar-refractivity contribution >= 4 is 34.4 Å². The molecule has 0 fully saturated rings. The van der Waals surface area contributed by atoms with E-state index in [4.69, 9.17) is 4.74 Å². The van der Waals surface area contributed by atoms with Gasteiger partial charge < -0.3 is 4.74 Å². The molecule has 146 valence electrons. The lowest BCUT2D eigenvalue weighted by molar-refractivity contribution is -0.140. The number of aromatic nitrogens is 1. The molecule has 0 aliphatic carbocycles. The minimum Gasteiger partial charge on any atom is -0.461 e. The summed E-state index contributed by atoms with van der Waals surface area (Å²) < 4.78 is 5.00. The van der Waals surface area contributed by atoms with Crippen molar-refractivity contribution < 1.29 is 19.1 Å². The molecule has 0 saturated carbocycles. The number of Topliss-reactive ketones (excluding diaryl/α,β-unsaturated/α-hetero) is 1. The quantitative estimate of drug-likeness (QED) is 0.423. The van der Waals surface area contributed by atoms with E-state index in [9.17, 15) is 14.4 Å². The molecule has 2 heterocycles. The van der Waals surface area contributed by atoms with Gasteiger partial charge in [0.2, 0.25) is 5.78 Å². The number of esters is 1. The topological polar surface area (TPSA) is 76.6 Å². The van der Waals surface area contributed by atoms with Gasteiger partial charge in [0.1, 0.15) is 18.2 Å². The Morgan fingerprint density at radius 3 is 2.57 bits per heavy atom. The molecule has 1 amide bonds. The Morgan fingerprint density at radius 1 is 1.18 bits per heavy atom. The van der Waals surface area contributed by atoms with E-state index in [1.54, 1.807) is 17.0 Å². The number of nitrogens with zero attached hydrogens (tertiary/aromatic N) is 2. The molecule has 0 N–H and O–H groups in total. The third kappa shape index (κ3) is 4.25. The van der Waals surface area contributed by atoms with Crippen LogP contribution in [0.2, 0.25) is 0 Å². The van der Waals surface area contributed by atoms with Crippen LogP contribution in [0, 0.1) is 6.92 Å². The number of benzene rings is 1. The number of hydrogen-bond acceptors (Lipinski definition) is 5. The SMILES string of the molecule is CC(=O)OCC[S+](C)C1C(=O)c2ccc(C)nc2N(Cc2ccccc2)C1=O. The number of carbonyl (C=O) groups excluding carboxylic acids is 3. The first-order valence-corrected chi connectivity index (χ1v) is 10.9. The lowest BCUT2D eigenvalue weighted by Gasteiger charge is -2.31. The van der Waals surface area contributed by atoms with E-state index in [-0.39, 0.29) is 24.3 Å². The summed E-state index contributed by atoms with van der Waals surface area (Å²) in [4.78, 5) is 43.5. The molecule has 2 unspecified atom stereocenters. The number of carbonyl (C=O) groups is 3. The number of aryl methyl sites for hydroxylation is 1. The van der Waals surface area contributed by atoms with Crippen LogP contribution in [-0.4, -0.2) is 46.5 Å². The fourth-order valence-electron chi connectivity index (χ4n) is 3.15. The highest BCUT2D eigenvalue weighted by atomic mass is 32.2. The number of ether oxygens (including phenoxy) is 1. The number of anilines is 1. The lowest BCUT2D eigenvalue weighted by atomic mass is 10.0. The van der Waals surface area contributed by atoms with Crippen molar-refractivity contribution in [3.63, 3.8) is 0 Å². The summed E-state index contributed by atoms with van der Waals surface area (Å²) in [6.07, 6.45) is 1.87. The van der Waals surface area contributed by atoms with Crippen LogP contribution in [-0.2, 0) is 31.8 Å². The van der Waals surface area contributed by atoms with Crippen LogP contribution in [0.15, 0.2) is 42.5 Å². The van der Waals surface area contributed by atoms with Gasteiger partial charge in [0.25, 0.3) is 11.2 Å². The van der Waals surface area contributed by atoms with Crippen LogP contribution >= 0.6 is 0 Å². The van der Waals surface area contributed by atoms with E-state index < -0.39 is 16.1 Å². The first-order valence-electron chi connectivity index (χ1n) is 9.00. The first kappa shape index (κ1) is 20.1. The van der Waals surface area contributed by atoms with Gasteiger partial charge in [-0.1, -0.05) is 30.3 Å². The minimum atomic E-state index is -0.781. The summed E-state index contributed by atoms with van der Waals surface area (Å²) in [5.74, 6) is 0.0786. The van der Waals surface area contributed by atoms with E-state index >= 15 is 0 Å². The van der Waals surface area contributed by atoms with E-state index in [1.165, 1.54) is 6.92 Å². The standard InChI is InChI=1S/C21H23N2O4S/c1-14-9-10-17-18(25)19(28(3)12-11-27-15(2)24)21(26)23(20(17)22-14)13-16-7-5-4-6-8-16/h4-10,19H,11-13H2,1-3H3/q+1. The monoisotopic (exact) mass is 399 g/mol. The molecular weight excluding hydrogens is 376 g/mol. The Hall–Kier alpha value is -2.67. The largest absolute Gasteiger partial charge is 0.461 e. The zero-order chi connectivity index (χ0) is 20.3. The lowest BCUT2D eigenvalue weighted by Crippen LogP contribution is -2.52. The van der Waals surface area contributed by atoms with Gasteiger partial charge in [-0.15, -0.1) is 0 Å². The molecule has 3 rings (SSSR count). The van der Waals surface area contributed by atoms with E-state index in [0.29, 0.717) is 23.7 Å². The Labute approximate surface area is 167 Å². The second-order valence-corrected chi connectivity index (χ2v) is 8.98. The van der Waals surface area contributed by atoms with Crippen molar-refractivity contribution in [1.82, 2.24) is 4.98 Å². The second kappa shape index (κ2) is 8.56. The highest BCUT2D eigenvalue weighted by Crippen LogP contribution is 2.31. The zero-order valence-corrected chi connectivity index (χ0v) is 17.0. The Balaban J connectivity index is 1.93. The maximum absolute atomic E-state index is 13.3. The maximum atomic E-state index is 13.3. The number of pyridine rings is 1. The van der Waals surface area contributed by atoms with Gasteiger partial charge in [-0.3, -0.25) is 19.3 Å². The predicted octanol–water partition coefficient (Wildman–Crippen LogP) is 2.30. The average molecular weight is 399 g/mol. The van der Waals surface area contributed by atoms with Crippen LogP contribution in [0.3, 0.4) is 0 Å². The molecule has 1 aromatic heterocycles. The van der Waals surface area contributed by atoms with Gasteiger partial charge in [0, 0.05) is 23.5 Å².